The first kappa shape index (κ1) is 10.6. The van der Waals surface area contributed by atoms with Gasteiger partial charge in [0.15, 0.2) is 0 Å². The summed E-state index contributed by atoms with van der Waals surface area (Å²) >= 11 is 6.96. The van der Waals surface area contributed by atoms with E-state index < -0.39 is 0 Å². The molecule has 1 aromatic carbocycles. The smallest absolute Gasteiger partial charge is 0.126 e. The first-order chi connectivity index (χ1) is 6.66. The molecule has 0 bridgehead atoms. The van der Waals surface area contributed by atoms with Gasteiger partial charge in [-0.05, 0) is 48.9 Å². The van der Waals surface area contributed by atoms with Crippen LogP contribution in [0.1, 0.15) is 30.7 Å². The lowest BCUT2D eigenvalue weighted by Crippen LogP contribution is -1.97. The van der Waals surface area contributed by atoms with Crippen molar-refractivity contribution in [2.24, 2.45) is 0 Å². The fourth-order valence-electron chi connectivity index (χ4n) is 2.04. The lowest BCUT2D eigenvalue weighted by atomic mass is 9.97. The molecule has 2 atom stereocenters. The summed E-state index contributed by atoms with van der Waals surface area (Å²) in [6.45, 7) is 0. The summed E-state index contributed by atoms with van der Waals surface area (Å²) in [5, 5.41) is 0. The molecule has 1 saturated carbocycles. The number of hydrogen-bond donors (Lipinski definition) is 0. The summed E-state index contributed by atoms with van der Waals surface area (Å²) in [6, 6.07) is 5.20. The van der Waals surface area contributed by atoms with Gasteiger partial charge in [-0.3, -0.25) is 0 Å². The normalized spacial score (nSPS) is 26.8. The molecular formula is C11H11Br2F. The van der Waals surface area contributed by atoms with E-state index in [1.54, 1.807) is 12.1 Å². The van der Waals surface area contributed by atoms with Crippen LogP contribution < -0.4 is 0 Å². The minimum Gasteiger partial charge on any atom is -0.207 e. The van der Waals surface area contributed by atoms with Crippen LogP contribution in [0.25, 0.3) is 0 Å². The van der Waals surface area contributed by atoms with E-state index in [0.29, 0.717) is 10.7 Å². The standard InChI is InChI=1S/C11H11Br2F/c12-8-2-1-7(5-8)10-6-9(13)3-4-11(10)14/h3-4,6-8H,1-2,5H2. The Bertz CT molecular complexity index is 338. The van der Waals surface area contributed by atoms with Crippen molar-refractivity contribution in [3.8, 4) is 0 Å². The molecule has 0 amide bonds. The first-order valence-electron chi connectivity index (χ1n) is 4.76. The van der Waals surface area contributed by atoms with Crippen LogP contribution in [0, 0.1) is 5.82 Å². The van der Waals surface area contributed by atoms with Gasteiger partial charge < -0.3 is 0 Å². The number of alkyl halides is 1. The zero-order chi connectivity index (χ0) is 10.1. The number of hydrogen-bond acceptors (Lipinski definition) is 0. The Hall–Kier alpha value is 0.110. The molecule has 0 N–H and O–H groups in total. The quantitative estimate of drug-likeness (QED) is 0.662. The van der Waals surface area contributed by atoms with Gasteiger partial charge in [-0.25, -0.2) is 4.39 Å². The molecule has 0 aromatic heterocycles. The van der Waals surface area contributed by atoms with Crippen LogP contribution in [0.3, 0.4) is 0 Å². The summed E-state index contributed by atoms with van der Waals surface area (Å²) in [7, 11) is 0. The lowest BCUT2D eigenvalue weighted by molar-refractivity contribution is 0.580. The molecule has 2 rings (SSSR count). The van der Waals surface area contributed by atoms with E-state index in [1.165, 1.54) is 0 Å². The highest BCUT2D eigenvalue weighted by atomic mass is 79.9. The fourth-order valence-corrected chi connectivity index (χ4v) is 3.13. The van der Waals surface area contributed by atoms with Crippen molar-refractivity contribution in [3.05, 3.63) is 34.1 Å². The molecule has 0 aliphatic heterocycles. The molecular weight excluding hydrogens is 311 g/mol. The molecule has 3 heteroatoms. The van der Waals surface area contributed by atoms with Crippen LogP contribution in [0.15, 0.2) is 22.7 Å². The Morgan fingerprint density at radius 3 is 2.71 bits per heavy atom. The van der Waals surface area contributed by atoms with Gasteiger partial charge in [0.25, 0.3) is 0 Å². The highest BCUT2D eigenvalue weighted by molar-refractivity contribution is 9.10. The minimum atomic E-state index is -0.0696. The number of halogens is 3. The number of benzene rings is 1. The molecule has 0 spiro atoms. The predicted molar refractivity (Wildman–Crippen MR) is 63.4 cm³/mol. The molecule has 1 aromatic rings. The monoisotopic (exact) mass is 320 g/mol. The van der Waals surface area contributed by atoms with Gasteiger partial charge in [-0.1, -0.05) is 31.9 Å². The van der Waals surface area contributed by atoms with Gasteiger partial charge in [-0.15, -0.1) is 0 Å². The van der Waals surface area contributed by atoms with Crippen molar-refractivity contribution in [2.75, 3.05) is 0 Å². The highest BCUT2D eigenvalue weighted by Crippen LogP contribution is 2.39. The summed E-state index contributed by atoms with van der Waals surface area (Å²) in [6.07, 6.45) is 3.29. The van der Waals surface area contributed by atoms with E-state index in [1.807, 2.05) is 6.07 Å². The van der Waals surface area contributed by atoms with Crippen LogP contribution >= 0.6 is 31.9 Å². The van der Waals surface area contributed by atoms with Gasteiger partial charge in [0.2, 0.25) is 0 Å². The van der Waals surface area contributed by atoms with E-state index in [2.05, 4.69) is 31.9 Å². The second kappa shape index (κ2) is 4.31. The fraction of sp³-hybridized carbons (Fsp3) is 0.455. The van der Waals surface area contributed by atoms with E-state index in [0.717, 1.165) is 29.3 Å². The van der Waals surface area contributed by atoms with Crippen molar-refractivity contribution in [1.29, 1.82) is 0 Å². The molecule has 76 valence electrons. The van der Waals surface area contributed by atoms with Crippen molar-refractivity contribution in [1.82, 2.24) is 0 Å². The average Bonchev–Trinajstić information content (AvgIpc) is 2.56. The Kier molecular flexibility index (Phi) is 3.27. The average molecular weight is 322 g/mol. The maximum Gasteiger partial charge on any atom is 0.126 e. The SMILES string of the molecule is Fc1ccc(Br)cc1C1CCC(Br)C1. The maximum atomic E-state index is 13.5. The van der Waals surface area contributed by atoms with E-state index in [4.69, 9.17) is 0 Å². The van der Waals surface area contributed by atoms with E-state index >= 15 is 0 Å². The molecule has 0 radical (unpaired) electrons. The third kappa shape index (κ3) is 2.19. The van der Waals surface area contributed by atoms with Gasteiger partial charge in [0.05, 0.1) is 0 Å². The van der Waals surface area contributed by atoms with Crippen LogP contribution in [0.5, 0.6) is 0 Å². The van der Waals surface area contributed by atoms with Crippen LogP contribution in [0.4, 0.5) is 4.39 Å². The summed E-state index contributed by atoms with van der Waals surface area (Å²) in [4.78, 5) is 0.561. The molecule has 0 nitrogen and oxygen atoms in total. The molecule has 1 aliphatic carbocycles. The second-order valence-electron chi connectivity index (χ2n) is 3.77. The van der Waals surface area contributed by atoms with Gasteiger partial charge in [-0.2, -0.15) is 0 Å². The van der Waals surface area contributed by atoms with Crippen molar-refractivity contribution in [2.45, 2.75) is 30.0 Å². The Morgan fingerprint density at radius 1 is 1.29 bits per heavy atom. The zero-order valence-corrected chi connectivity index (χ0v) is 10.8. The van der Waals surface area contributed by atoms with Crippen molar-refractivity contribution in [3.63, 3.8) is 0 Å². The lowest BCUT2D eigenvalue weighted by Gasteiger charge is -2.11. The molecule has 0 heterocycles. The maximum absolute atomic E-state index is 13.5. The Balaban J connectivity index is 2.27. The molecule has 1 fully saturated rings. The highest BCUT2D eigenvalue weighted by Gasteiger charge is 2.25. The molecule has 1 aliphatic rings. The van der Waals surface area contributed by atoms with Crippen LogP contribution in [-0.4, -0.2) is 4.83 Å². The minimum absolute atomic E-state index is 0.0696. The Labute approximate surface area is 100 Å². The summed E-state index contributed by atoms with van der Waals surface area (Å²) in [5.41, 5.74) is 0.862. The van der Waals surface area contributed by atoms with E-state index in [-0.39, 0.29) is 5.82 Å². The summed E-state index contributed by atoms with van der Waals surface area (Å²) in [5.74, 6) is 0.316. The molecule has 14 heavy (non-hydrogen) atoms. The van der Waals surface area contributed by atoms with Gasteiger partial charge in [0.1, 0.15) is 5.82 Å². The number of rotatable bonds is 1. The van der Waals surface area contributed by atoms with Crippen molar-refractivity contribution >= 4 is 31.9 Å². The third-order valence-corrected chi connectivity index (χ3v) is 4.09. The van der Waals surface area contributed by atoms with Gasteiger partial charge >= 0.3 is 0 Å². The predicted octanol–water partition coefficient (Wildman–Crippen LogP) is 4.62. The summed E-state index contributed by atoms with van der Waals surface area (Å²) < 4.78 is 14.5. The first-order valence-corrected chi connectivity index (χ1v) is 6.46. The van der Waals surface area contributed by atoms with Crippen LogP contribution in [-0.2, 0) is 0 Å². The molecule has 0 saturated heterocycles. The molecule has 2 unspecified atom stereocenters. The largest absolute Gasteiger partial charge is 0.207 e. The van der Waals surface area contributed by atoms with Crippen LogP contribution in [0.2, 0.25) is 0 Å². The second-order valence-corrected chi connectivity index (χ2v) is 5.98. The van der Waals surface area contributed by atoms with E-state index in [9.17, 15) is 4.39 Å². The zero-order valence-electron chi connectivity index (χ0n) is 7.64. The van der Waals surface area contributed by atoms with Gasteiger partial charge in [0, 0.05) is 9.30 Å². The Morgan fingerprint density at radius 2 is 2.07 bits per heavy atom. The van der Waals surface area contributed by atoms with Crippen molar-refractivity contribution < 1.29 is 4.39 Å². The topological polar surface area (TPSA) is 0 Å². The third-order valence-electron chi connectivity index (χ3n) is 2.77.